The second kappa shape index (κ2) is 5.57. The standard InChI is InChI=1S/C15H23FN2O/c1-3-13(17)14(11-4-6-12(16)7-5-11)18-9-8-15(2,19)10-18/h4-7,13-14,19H,3,8-10,17H2,1-2H3. The van der Waals surface area contributed by atoms with Crippen molar-refractivity contribution in [2.24, 2.45) is 5.73 Å². The number of halogens is 1. The molecular weight excluding hydrogens is 243 g/mol. The summed E-state index contributed by atoms with van der Waals surface area (Å²) in [6.07, 6.45) is 1.60. The first-order valence-electron chi connectivity index (χ1n) is 6.90. The Kier molecular flexibility index (Phi) is 4.23. The van der Waals surface area contributed by atoms with Crippen molar-refractivity contribution in [1.29, 1.82) is 0 Å². The molecule has 0 spiro atoms. The Hall–Kier alpha value is -0.970. The van der Waals surface area contributed by atoms with Crippen molar-refractivity contribution in [1.82, 2.24) is 4.90 Å². The van der Waals surface area contributed by atoms with Crippen molar-refractivity contribution in [2.75, 3.05) is 13.1 Å². The monoisotopic (exact) mass is 266 g/mol. The minimum absolute atomic E-state index is 0.0145. The van der Waals surface area contributed by atoms with Crippen molar-refractivity contribution < 1.29 is 9.50 Å². The molecule has 0 amide bonds. The molecule has 1 saturated heterocycles. The van der Waals surface area contributed by atoms with Gasteiger partial charge in [-0.3, -0.25) is 4.90 Å². The lowest BCUT2D eigenvalue weighted by Crippen LogP contribution is -2.41. The third kappa shape index (κ3) is 3.32. The van der Waals surface area contributed by atoms with Gasteiger partial charge in [-0.15, -0.1) is 0 Å². The molecule has 3 N–H and O–H groups in total. The maximum atomic E-state index is 13.0. The summed E-state index contributed by atoms with van der Waals surface area (Å²) in [4.78, 5) is 2.21. The Morgan fingerprint density at radius 2 is 2.05 bits per heavy atom. The molecular formula is C15H23FN2O. The fraction of sp³-hybridized carbons (Fsp3) is 0.600. The number of nitrogens with zero attached hydrogens (tertiary/aromatic N) is 1. The van der Waals surface area contributed by atoms with Gasteiger partial charge < -0.3 is 10.8 Å². The van der Waals surface area contributed by atoms with Crippen LogP contribution in [-0.2, 0) is 0 Å². The third-order valence-corrected chi connectivity index (χ3v) is 3.96. The summed E-state index contributed by atoms with van der Waals surface area (Å²) in [6, 6.07) is 6.56. The number of β-amino-alcohol motifs (C(OH)–C–C–N with tert-alkyl or cyclic N) is 1. The van der Waals surface area contributed by atoms with Crippen LogP contribution >= 0.6 is 0 Å². The van der Waals surface area contributed by atoms with Crippen molar-refractivity contribution in [3.63, 3.8) is 0 Å². The van der Waals surface area contributed by atoms with Crippen LogP contribution in [0.3, 0.4) is 0 Å². The lowest BCUT2D eigenvalue weighted by atomic mass is 9.96. The fourth-order valence-corrected chi connectivity index (χ4v) is 2.83. The minimum Gasteiger partial charge on any atom is -0.389 e. The molecule has 106 valence electrons. The Labute approximate surface area is 114 Å². The van der Waals surface area contributed by atoms with E-state index < -0.39 is 5.60 Å². The number of likely N-dealkylation sites (tertiary alicyclic amines) is 1. The van der Waals surface area contributed by atoms with Crippen molar-refractivity contribution >= 4 is 0 Å². The molecule has 3 atom stereocenters. The van der Waals surface area contributed by atoms with Gasteiger partial charge in [0.25, 0.3) is 0 Å². The van der Waals surface area contributed by atoms with Crippen molar-refractivity contribution in [2.45, 2.75) is 44.4 Å². The van der Waals surface area contributed by atoms with Gasteiger partial charge in [0.1, 0.15) is 5.82 Å². The average Bonchev–Trinajstić information content (AvgIpc) is 2.72. The summed E-state index contributed by atoms with van der Waals surface area (Å²) in [5, 5.41) is 10.1. The highest BCUT2D eigenvalue weighted by Gasteiger charge is 2.37. The molecule has 0 bridgehead atoms. The Balaban J connectivity index is 2.24. The van der Waals surface area contributed by atoms with Gasteiger partial charge in [-0.05, 0) is 37.5 Å². The minimum atomic E-state index is -0.647. The Bertz CT molecular complexity index is 419. The number of benzene rings is 1. The fourth-order valence-electron chi connectivity index (χ4n) is 2.83. The third-order valence-electron chi connectivity index (χ3n) is 3.96. The van der Waals surface area contributed by atoms with Crippen molar-refractivity contribution in [3.8, 4) is 0 Å². The SMILES string of the molecule is CCC(N)C(c1ccc(F)cc1)N1CCC(C)(O)C1. The average molecular weight is 266 g/mol. The predicted octanol–water partition coefficient (Wildman–Crippen LogP) is 2.06. The maximum Gasteiger partial charge on any atom is 0.123 e. The zero-order chi connectivity index (χ0) is 14.0. The van der Waals surface area contributed by atoms with Gasteiger partial charge in [-0.25, -0.2) is 4.39 Å². The molecule has 3 unspecified atom stereocenters. The van der Waals surface area contributed by atoms with E-state index in [-0.39, 0.29) is 17.9 Å². The normalized spacial score (nSPS) is 27.4. The molecule has 1 fully saturated rings. The quantitative estimate of drug-likeness (QED) is 0.877. The van der Waals surface area contributed by atoms with Crippen molar-refractivity contribution in [3.05, 3.63) is 35.6 Å². The van der Waals surface area contributed by atoms with E-state index in [1.807, 2.05) is 6.92 Å². The molecule has 19 heavy (non-hydrogen) atoms. The molecule has 1 aromatic rings. The number of aliphatic hydroxyl groups is 1. The van der Waals surface area contributed by atoms with Crippen LogP contribution in [-0.4, -0.2) is 34.7 Å². The van der Waals surface area contributed by atoms with Gasteiger partial charge in [-0.2, -0.15) is 0 Å². The van der Waals surface area contributed by atoms with Gasteiger partial charge in [0.2, 0.25) is 0 Å². The highest BCUT2D eigenvalue weighted by Crippen LogP contribution is 2.32. The maximum absolute atomic E-state index is 13.0. The second-order valence-corrected chi connectivity index (χ2v) is 5.79. The van der Waals surface area contributed by atoms with Crippen LogP contribution < -0.4 is 5.73 Å². The molecule has 0 radical (unpaired) electrons. The molecule has 1 heterocycles. The summed E-state index contributed by atoms with van der Waals surface area (Å²) in [6.45, 7) is 5.34. The van der Waals surface area contributed by atoms with Gasteiger partial charge in [0.05, 0.1) is 5.60 Å². The summed E-state index contributed by atoms with van der Waals surface area (Å²) in [5.41, 5.74) is 6.61. The molecule has 0 saturated carbocycles. The first kappa shape index (κ1) is 14.4. The van der Waals surface area contributed by atoms with Gasteiger partial charge >= 0.3 is 0 Å². The molecule has 0 aliphatic carbocycles. The largest absolute Gasteiger partial charge is 0.389 e. The van der Waals surface area contributed by atoms with Gasteiger partial charge in [-0.1, -0.05) is 19.1 Å². The summed E-state index contributed by atoms with van der Waals surface area (Å²) < 4.78 is 13.0. The van der Waals surface area contributed by atoms with E-state index in [9.17, 15) is 9.50 Å². The molecule has 2 rings (SSSR count). The van der Waals surface area contributed by atoms with Crippen LogP contribution in [0.2, 0.25) is 0 Å². The molecule has 1 aliphatic rings. The lowest BCUT2D eigenvalue weighted by molar-refractivity contribution is 0.0593. The zero-order valence-corrected chi connectivity index (χ0v) is 11.6. The number of hydrogen-bond donors (Lipinski definition) is 2. The van der Waals surface area contributed by atoms with E-state index in [4.69, 9.17) is 5.73 Å². The summed E-state index contributed by atoms with van der Waals surface area (Å²) in [5.74, 6) is -0.235. The van der Waals surface area contributed by atoms with Crippen LogP contribution in [0.4, 0.5) is 4.39 Å². The number of hydrogen-bond acceptors (Lipinski definition) is 3. The zero-order valence-electron chi connectivity index (χ0n) is 11.6. The Morgan fingerprint density at radius 1 is 1.42 bits per heavy atom. The smallest absolute Gasteiger partial charge is 0.123 e. The van der Waals surface area contributed by atoms with Crippen LogP contribution in [0.15, 0.2) is 24.3 Å². The first-order chi connectivity index (χ1) is 8.93. The van der Waals surface area contributed by atoms with Crippen LogP contribution in [0.5, 0.6) is 0 Å². The van der Waals surface area contributed by atoms with Crippen LogP contribution in [0.25, 0.3) is 0 Å². The topological polar surface area (TPSA) is 49.5 Å². The summed E-state index contributed by atoms with van der Waals surface area (Å²) in [7, 11) is 0. The second-order valence-electron chi connectivity index (χ2n) is 5.79. The first-order valence-corrected chi connectivity index (χ1v) is 6.90. The highest BCUT2D eigenvalue weighted by atomic mass is 19.1. The molecule has 0 aromatic heterocycles. The molecule has 4 heteroatoms. The van der Waals surface area contributed by atoms with Crippen LogP contribution in [0, 0.1) is 5.82 Å². The van der Waals surface area contributed by atoms with Gasteiger partial charge in [0, 0.05) is 25.2 Å². The van der Waals surface area contributed by atoms with E-state index in [1.54, 1.807) is 12.1 Å². The number of rotatable bonds is 4. The van der Waals surface area contributed by atoms with Crippen LogP contribution in [0.1, 0.15) is 38.3 Å². The predicted molar refractivity (Wildman–Crippen MR) is 74.2 cm³/mol. The molecule has 3 nitrogen and oxygen atoms in total. The van der Waals surface area contributed by atoms with E-state index >= 15 is 0 Å². The van der Waals surface area contributed by atoms with E-state index in [1.165, 1.54) is 12.1 Å². The van der Waals surface area contributed by atoms with E-state index in [2.05, 4.69) is 11.8 Å². The van der Waals surface area contributed by atoms with E-state index in [0.717, 1.165) is 24.9 Å². The molecule has 1 aromatic carbocycles. The van der Waals surface area contributed by atoms with Gasteiger partial charge in [0.15, 0.2) is 0 Å². The summed E-state index contributed by atoms with van der Waals surface area (Å²) >= 11 is 0. The molecule has 1 aliphatic heterocycles. The highest BCUT2D eigenvalue weighted by molar-refractivity contribution is 5.22. The number of nitrogens with two attached hydrogens (primary N) is 1. The Morgan fingerprint density at radius 3 is 2.53 bits per heavy atom. The lowest BCUT2D eigenvalue weighted by Gasteiger charge is -2.33. The van der Waals surface area contributed by atoms with E-state index in [0.29, 0.717) is 6.54 Å².